The number of nitrogens with one attached hydrogen (secondary N) is 1. The molecule has 6 nitrogen and oxygen atoms in total. The fourth-order valence-corrected chi connectivity index (χ4v) is 4.75. The molecule has 2 heterocycles. The van der Waals surface area contributed by atoms with Crippen LogP contribution in [0.5, 0.6) is 5.75 Å². The summed E-state index contributed by atoms with van der Waals surface area (Å²) >= 11 is 12.2. The number of amides is 1. The molecule has 1 aliphatic heterocycles. The van der Waals surface area contributed by atoms with Gasteiger partial charge in [0.1, 0.15) is 11.6 Å². The molecule has 0 radical (unpaired) electrons. The van der Waals surface area contributed by atoms with E-state index in [-0.39, 0.29) is 0 Å². The Bertz CT molecular complexity index is 1350. The van der Waals surface area contributed by atoms with Gasteiger partial charge >= 0.3 is 0 Å². The van der Waals surface area contributed by atoms with E-state index in [0.717, 1.165) is 55.1 Å². The van der Waals surface area contributed by atoms with Crippen LogP contribution >= 0.6 is 23.2 Å². The zero-order chi connectivity index (χ0) is 24.4. The van der Waals surface area contributed by atoms with E-state index in [9.17, 15) is 4.79 Å². The van der Waals surface area contributed by atoms with Crippen LogP contribution in [0, 0.1) is 5.92 Å². The Labute approximate surface area is 214 Å². The topological polar surface area (TPSA) is 84.2 Å². The number of halogens is 2. The third-order valence-corrected chi connectivity index (χ3v) is 7.22. The normalized spacial score (nSPS) is 14.9. The minimum absolute atomic E-state index is 0.444. The summed E-state index contributed by atoms with van der Waals surface area (Å²) in [5.74, 6) is 1.66. The zero-order valence-corrected chi connectivity index (χ0v) is 20.6. The van der Waals surface area contributed by atoms with Crippen LogP contribution in [0.4, 0.5) is 0 Å². The monoisotopic (exact) mass is 508 g/mol. The fraction of sp³-hybridized carbons (Fsp3) is 0.259. The van der Waals surface area contributed by atoms with Crippen molar-refractivity contribution in [2.75, 3.05) is 19.7 Å². The van der Waals surface area contributed by atoms with E-state index in [2.05, 4.69) is 14.9 Å². The number of fused-ring (bicyclic) bond motifs is 1. The first-order chi connectivity index (χ1) is 16.9. The van der Waals surface area contributed by atoms with Crippen LogP contribution in [0.25, 0.3) is 22.4 Å². The van der Waals surface area contributed by atoms with Crippen LogP contribution in [0.3, 0.4) is 0 Å². The molecular formula is C27H26Cl2N4O2. The number of nitrogens with two attached hydrogens (primary N) is 1. The molecule has 0 atom stereocenters. The first kappa shape index (κ1) is 23.7. The number of primary amides is 1. The third kappa shape index (κ3) is 5.61. The summed E-state index contributed by atoms with van der Waals surface area (Å²) in [5, 5.41) is 1.20. The van der Waals surface area contributed by atoms with Crippen molar-refractivity contribution in [3.8, 4) is 17.1 Å². The quantitative estimate of drug-likeness (QED) is 0.324. The Morgan fingerprint density at radius 2 is 1.80 bits per heavy atom. The van der Waals surface area contributed by atoms with Crippen LogP contribution in [-0.4, -0.2) is 40.5 Å². The number of imidazole rings is 1. The number of aromatic amines is 1. The number of nitrogens with zero attached hydrogens (tertiary/aromatic N) is 2. The molecule has 0 aliphatic carbocycles. The summed E-state index contributed by atoms with van der Waals surface area (Å²) < 4.78 is 6.09. The molecule has 1 aromatic heterocycles. The highest BCUT2D eigenvalue weighted by molar-refractivity contribution is 6.42. The van der Waals surface area contributed by atoms with Gasteiger partial charge in [-0.2, -0.15) is 0 Å². The average Bonchev–Trinajstić information content (AvgIpc) is 3.30. The molecule has 0 unspecified atom stereocenters. The van der Waals surface area contributed by atoms with E-state index in [1.54, 1.807) is 12.1 Å². The zero-order valence-electron chi connectivity index (χ0n) is 19.1. The Hall–Kier alpha value is -3.06. The standard InChI is InChI=1S/C27H26Cl2N4O2/c28-22-7-1-18(13-23(22)29)15-33-11-9-17(10-12-33)16-35-21-5-2-19(3-6-21)27-31-24-8-4-20(26(30)34)14-25(24)32-27/h1-8,13-14,17H,9-12,15-16H2,(H2,30,34)(H,31,32). The van der Waals surface area contributed by atoms with Gasteiger partial charge in [0.25, 0.3) is 0 Å². The van der Waals surface area contributed by atoms with Gasteiger partial charge in [-0.25, -0.2) is 4.98 Å². The second-order valence-corrected chi connectivity index (χ2v) is 9.80. The van der Waals surface area contributed by atoms with Crippen LogP contribution in [0.2, 0.25) is 10.0 Å². The molecule has 4 aromatic rings. The lowest BCUT2D eigenvalue weighted by atomic mass is 9.97. The van der Waals surface area contributed by atoms with E-state index in [4.69, 9.17) is 33.7 Å². The van der Waals surface area contributed by atoms with Crippen molar-refractivity contribution in [1.29, 1.82) is 0 Å². The van der Waals surface area contributed by atoms with Gasteiger partial charge in [-0.05, 0) is 92.0 Å². The molecule has 3 aromatic carbocycles. The Morgan fingerprint density at radius 3 is 2.51 bits per heavy atom. The number of carbonyl (C=O) groups excluding carboxylic acids is 1. The van der Waals surface area contributed by atoms with Crippen molar-refractivity contribution in [2.45, 2.75) is 19.4 Å². The molecule has 8 heteroatoms. The van der Waals surface area contributed by atoms with Crippen molar-refractivity contribution in [3.63, 3.8) is 0 Å². The van der Waals surface area contributed by atoms with Gasteiger partial charge < -0.3 is 15.5 Å². The van der Waals surface area contributed by atoms with Crippen LogP contribution in [0.1, 0.15) is 28.8 Å². The number of hydrogen-bond donors (Lipinski definition) is 2. The van der Waals surface area contributed by atoms with E-state index in [1.165, 1.54) is 5.56 Å². The summed E-state index contributed by atoms with van der Waals surface area (Å²) in [6.45, 7) is 3.67. The maximum Gasteiger partial charge on any atom is 0.248 e. The van der Waals surface area contributed by atoms with Crippen molar-refractivity contribution >= 4 is 40.1 Å². The lowest BCUT2D eigenvalue weighted by Crippen LogP contribution is -2.35. The molecule has 1 amide bonds. The lowest BCUT2D eigenvalue weighted by molar-refractivity contribution is 0.100. The number of rotatable bonds is 7. The molecule has 0 spiro atoms. The fourth-order valence-electron chi connectivity index (χ4n) is 4.43. The summed E-state index contributed by atoms with van der Waals surface area (Å²) in [6, 6.07) is 19.0. The SMILES string of the molecule is NC(=O)c1ccc2[nH]c(-c3ccc(OCC4CCN(Cc5ccc(Cl)c(Cl)c5)CC4)cc3)nc2c1. The largest absolute Gasteiger partial charge is 0.493 e. The van der Waals surface area contributed by atoms with Gasteiger partial charge in [-0.3, -0.25) is 9.69 Å². The van der Waals surface area contributed by atoms with Gasteiger partial charge in [0.05, 0.1) is 27.7 Å². The number of ether oxygens (including phenoxy) is 1. The number of likely N-dealkylation sites (tertiary alicyclic amines) is 1. The third-order valence-electron chi connectivity index (χ3n) is 6.48. The summed E-state index contributed by atoms with van der Waals surface area (Å²) in [5.41, 5.74) is 9.51. The Morgan fingerprint density at radius 1 is 1.03 bits per heavy atom. The summed E-state index contributed by atoms with van der Waals surface area (Å²) in [6.07, 6.45) is 2.21. The molecule has 3 N–H and O–H groups in total. The first-order valence-electron chi connectivity index (χ1n) is 11.6. The van der Waals surface area contributed by atoms with Crippen molar-refractivity contribution in [2.24, 2.45) is 11.7 Å². The number of aromatic nitrogens is 2. The molecule has 1 fully saturated rings. The second kappa shape index (κ2) is 10.3. The Balaban J connectivity index is 1.13. The smallest absolute Gasteiger partial charge is 0.248 e. The molecular weight excluding hydrogens is 483 g/mol. The molecule has 5 rings (SSSR count). The number of hydrogen-bond acceptors (Lipinski definition) is 4. The van der Waals surface area contributed by atoms with Crippen molar-refractivity contribution < 1.29 is 9.53 Å². The van der Waals surface area contributed by atoms with Gasteiger partial charge in [0, 0.05) is 17.7 Å². The highest BCUT2D eigenvalue weighted by Crippen LogP contribution is 2.27. The van der Waals surface area contributed by atoms with Gasteiger partial charge in [0.2, 0.25) is 5.91 Å². The highest BCUT2D eigenvalue weighted by Gasteiger charge is 2.20. The molecule has 35 heavy (non-hydrogen) atoms. The van der Waals surface area contributed by atoms with E-state index in [0.29, 0.717) is 33.7 Å². The summed E-state index contributed by atoms with van der Waals surface area (Å²) in [7, 11) is 0. The number of benzene rings is 3. The maximum atomic E-state index is 11.4. The average molecular weight is 509 g/mol. The van der Waals surface area contributed by atoms with Gasteiger partial charge in [-0.1, -0.05) is 29.3 Å². The molecule has 0 bridgehead atoms. The maximum absolute atomic E-state index is 11.4. The summed E-state index contributed by atoms with van der Waals surface area (Å²) in [4.78, 5) is 21.7. The van der Waals surface area contributed by atoms with E-state index < -0.39 is 5.91 Å². The van der Waals surface area contributed by atoms with Crippen molar-refractivity contribution in [3.05, 3.63) is 81.8 Å². The molecule has 1 saturated heterocycles. The number of H-pyrrole nitrogens is 1. The molecule has 1 aliphatic rings. The second-order valence-electron chi connectivity index (χ2n) is 8.98. The van der Waals surface area contributed by atoms with E-state index >= 15 is 0 Å². The molecule has 0 saturated carbocycles. The highest BCUT2D eigenvalue weighted by atomic mass is 35.5. The number of piperidine rings is 1. The van der Waals surface area contributed by atoms with Crippen LogP contribution < -0.4 is 10.5 Å². The lowest BCUT2D eigenvalue weighted by Gasteiger charge is -2.31. The molecule has 180 valence electrons. The number of carbonyl (C=O) groups is 1. The predicted molar refractivity (Wildman–Crippen MR) is 140 cm³/mol. The van der Waals surface area contributed by atoms with Crippen molar-refractivity contribution in [1.82, 2.24) is 14.9 Å². The predicted octanol–water partition coefficient (Wildman–Crippen LogP) is 5.93. The minimum Gasteiger partial charge on any atom is -0.493 e. The van der Waals surface area contributed by atoms with Crippen LogP contribution in [0.15, 0.2) is 60.7 Å². The first-order valence-corrected chi connectivity index (χ1v) is 12.4. The van der Waals surface area contributed by atoms with Gasteiger partial charge in [0.15, 0.2) is 0 Å². The van der Waals surface area contributed by atoms with Crippen LogP contribution in [-0.2, 0) is 6.54 Å². The Kier molecular flexibility index (Phi) is 6.95. The minimum atomic E-state index is -0.463. The van der Waals surface area contributed by atoms with E-state index in [1.807, 2.05) is 48.5 Å². The van der Waals surface area contributed by atoms with Gasteiger partial charge in [-0.15, -0.1) is 0 Å².